The number of anilines is 1. The van der Waals surface area contributed by atoms with Crippen molar-refractivity contribution in [2.45, 2.75) is 71.1 Å². The molecule has 0 saturated carbocycles. The van der Waals surface area contributed by atoms with E-state index in [1.165, 1.54) is 63.9 Å². The zero-order chi connectivity index (χ0) is 17.6. The van der Waals surface area contributed by atoms with Crippen molar-refractivity contribution in [2.24, 2.45) is 0 Å². The van der Waals surface area contributed by atoms with E-state index in [2.05, 4.69) is 12.2 Å². The van der Waals surface area contributed by atoms with Crippen LogP contribution in [-0.4, -0.2) is 17.8 Å². The molecule has 1 N–H and O–H groups in total. The molecule has 24 heavy (non-hydrogen) atoms. The number of nitrogens with one attached hydrogen (secondary N) is 1. The van der Waals surface area contributed by atoms with Crippen LogP contribution in [0.25, 0.3) is 0 Å². The van der Waals surface area contributed by atoms with Crippen LogP contribution in [0, 0.1) is 10.1 Å². The lowest BCUT2D eigenvalue weighted by molar-refractivity contribution is -0.385. The fraction of sp³-hybridized carbons (Fsp3) is 0.632. The van der Waals surface area contributed by atoms with Gasteiger partial charge in [0.05, 0.1) is 10.5 Å². The first kappa shape index (κ1) is 20.1. The predicted octanol–water partition coefficient (Wildman–Crippen LogP) is 5.74. The minimum atomic E-state index is -0.532. The molecule has 1 rings (SSSR count). The Bertz CT molecular complexity index is 503. The summed E-state index contributed by atoms with van der Waals surface area (Å²) in [5, 5.41) is 14.0. The Morgan fingerprint density at radius 3 is 2.12 bits per heavy atom. The summed E-state index contributed by atoms with van der Waals surface area (Å²) in [7, 11) is 0. The average molecular weight is 334 g/mol. The van der Waals surface area contributed by atoms with Gasteiger partial charge in [0.15, 0.2) is 6.29 Å². The molecule has 0 aliphatic carbocycles. The standard InChI is InChI=1S/C19H30N2O3/c1-2-3-4-5-6-7-8-9-10-11-14-20-18-12-13-19(21(23)24)17(15-18)16-22/h12-13,15-16,20H,2-11,14H2,1H3. The molecule has 0 spiro atoms. The fourth-order valence-corrected chi connectivity index (χ4v) is 2.77. The van der Waals surface area contributed by atoms with Gasteiger partial charge in [0.25, 0.3) is 5.69 Å². The second-order valence-electron chi connectivity index (χ2n) is 6.26. The summed E-state index contributed by atoms with van der Waals surface area (Å²) >= 11 is 0. The van der Waals surface area contributed by atoms with Gasteiger partial charge in [-0.2, -0.15) is 0 Å². The Kier molecular flexibility index (Phi) is 10.5. The van der Waals surface area contributed by atoms with Crippen molar-refractivity contribution in [1.29, 1.82) is 0 Å². The number of carbonyl (C=O) groups excluding carboxylic acids is 1. The van der Waals surface area contributed by atoms with Crippen LogP contribution >= 0.6 is 0 Å². The molecule has 0 bridgehead atoms. The molecule has 1 aromatic carbocycles. The first-order valence-electron chi connectivity index (χ1n) is 9.16. The number of hydrogen-bond donors (Lipinski definition) is 1. The molecule has 0 unspecified atom stereocenters. The lowest BCUT2D eigenvalue weighted by Gasteiger charge is -2.07. The third-order valence-electron chi connectivity index (χ3n) is 4.21. The van der Waals surface area contributed by atoms with Crippen LogP contribution in [0.5, 0.6) is 0 Å². The molecule has 1 aromatic rings. The van der Waals surface area contributed by atoms with Crippen LogP contribution in [0.3, 0.4) is 0 Å². The van der Waals surface area contributed by atoms with Crippen LogP contribution in [-0.2, 0) is 0 Å². The number of unbranched alkanes of at least 4 members (excludes halogenated alkanes) is 9. The maximum Gasteiger partial charge on any atom is 0.280 e. The minimum absolute atomic E-state index is 0.119. The van der Waals surface area contributed by atoms with E-state index in [1.54, 1.807) is 12.1 Å². The normalized spacial score (nSPS) is 10.5. The average Bonchev–Trinajstić information content (AvgIpc) is 2.59. The van der Waals surface area contributed by atoms with Crippen LogP contribution in [0.4, 0.5) is 11.4 Å². The van der Waals surface area contributed by atoms with Crippen LogP contribution in [0.1, 0.15) is 81.5 Å². The Morgan fingerprint density at radius 2 is 1.58 bits per heavy atom. The second-order valence-corrected chi connectivity index (χ2v) is 6.26. The van der Waals surface area contributed by atoms with Gasteiger partial charge in [-0.3, -0.25) is 14.9 Å². The summed E-state index contributed by atoms with van der Waals surface area (Å²) in [6.07, 6.45) is 13.5. The molecule has 0 aliphatic rings. The van der Waals surface area contributed by atoms with Gasteiger partial charge in [-0.05, 0) is 18.6 Å². The van der Waals surface area contributed by atoms with E-state index in [1.807, 2.05) is 0 Å². The van der Waals surface area contributed by atoms with Gasteiger partial charge in [0, 0.05) is 18.3 Å². The summed E-state index contributed by atoms with van der Waals surface area (Å²) in [6.45, 7) is 3.07. The fourth-order valence-electron chi connectivity index (χ4n) is 2.77. The molecule has 5 heteroatoms. The molecule has 0 aliphatic heterocycles. The summed E-state index contributed by atoms with van der Waals surface area (Å²) in [5.41, 5.74) is 0.737. The van der Waals surface area contributed by atoms with Gasteiger partial charge in [-0.1, -0.05) is 64.7 Å². The van der Waals surface area contributed by atoms with E-state index in [0.717, 1.165) is 18.7 Å². The highest BCUT2D eigenvalue weighted by atomic mass is 16.6. The number of nitro benzene ring substituents is 1. The third-order valence-corrected chi connectivity index (χ3v) is 4.21. The number of aldehydes is 1. The Hall–Kier alpha value is -1.91. The van der Waals surface area contributed by atoms with Gasteiger partial charge >= 0.3 is 0 Å². The Morgan fingerprint density at radius 1 is 1.00 bits per heavy atom. The summed E-state index contributed by atoms with van der Waals surface area (Å²) in [6, 6.07) is 4.58. The molecule has 0 heterocycles. The van der Waals surface area contributed by atoms with E-state index in [4.69, 9.17) is 0 Å². The third kappa shape index (κ3) is 8.09. The van der Waals surface area contributed by atoms with Crippen molar-refractivity contribution in [3.63, 3.8) is 0 Å². The van der Waals surface area contributed by atoms with E-state index < -0.39 is 4.92 Å². The van der Waals surface area contributed by atoms with Crippen LogP contribution in [0.2, 0.25) is 0 Å². The molecule has 5 nitrogen and oxygen atoms in total. The highest BCUT2D eigenvalue weighted by Gasteiger charge is 2.12. The number of hydrogen-bond acceptors (Lipinski definition) is 4. The van der Waals surface area contributed by atoms with Gasteiger partial charge in [-0.25, -0.2) is 0 Å². The molecule has 0 aromatic heterocycles. The highest BCUT2D eigenvalue weighted by Crippen LogP contribution is 2.21. The molecular formula is C19H30N2O3. The van der Waals surface area contributed by atoms with Gasteiger partial charge in [0.2, 0.25) is 0 Å². The van der Waals surface area contributed by atoms with Gasteiger partial charge in [0.1, 0.15) is 0 Å². The number of nitrogens with zero attached hydrogens (tertiary/aromatic N) is 1. The van der Waals surface area contributed by atoms with Crippen molar-refractivity contribution in [3.8, 4) is 0 Å². The maximum absolute atomic E-state index is 10.9. The molecule has 134 valence electrons. The zero-order valence-corrected chi connectivity index (χ0v) is 14.8. The first-order valence-corrected chi connectivity index (χ1v) is 9.16. The number of benzene rings is 1. The number of rotatable bonds is 14. The summed E-state index contributed by atoms with van der Waals surface area (Å²) in [5.74, 6) is 0. The smallest absolute Gasteiger partial charge is 0.280 e. The second kappa shape index (κ2) is 12.5. The molecule has 0 fully saturated rings. The quantitative estimate of drug-likeness (QED) is 0.204. The van der Waals surface area contributed by atoms with Crippen molar-refractivity contribution in [1.82, 2.24) is 0 Å². The topological polar surface area (TPSA) is 72.2 Å². The molecule has 0 amide bonds. The SMILES string of the molecule is CCCCCCCCCCCCNc1ccc([N+](=O)[O-])c(C=O)c1. The highest BCUT2D eigenvalue weighted by molar-refractivity contribution is 5.83. The molecular weight excluding hydrogens is 304 g/mol. The van der Waals surface area contributed by atoms with E-state index >= 15 is 0 Å². The Labute approximate surface area is 145 Å². The number of nitro groups is 1. The predicted molar refractivity (Wildman–Crippen MR) is 98.8 cm³/mol. The molecule has 0 atom stereocenters. The maximum atomic E-state index is 10.9. The van der Waals surface area contributed by atoms with Crippen molar-refractivity contribution in [2.75, 3.05) is 11.9 Å². The van der Waals surface area contributed by atoms with Crippen LogP contribution < -0.4 is 5.32 Å². The van der Waals surface area contributed by atoms with Gasteiger partial charge < -0.3 is 5.32 Å². The number of carbonyl (C=O) groups is 1. The van der Waals surface area contributed by atoms with E-state index in [-0.39, 0.29) is 11.3 Å². The zero-order valence-electron chi connectivity index (χ0n) is 14.8. The first-order chi connectivity index (χ1) is 11.7. The lowest BCUT2D eigenvalue weighted by atomic mass is 10.1. The van der Waals surface area contributed by atoms with Gasteiger partial charge in [-0.15, -0.1) is 0 Å². The van der Waals surface area contributed by atoms with E-state index in [9.17, 15) is 14.9 Å². The molecule has 0 radical (unpaired) electrons. The lowest BCUT2D eigenvalue weighted by Crippen LogP contribution is -2.03. The van der Waals surface area contributed by atoms with E-state index in [0.29, 0.717) is 6.29 Å². The monoisotopic (exact) mass is 334 g/mol. The van der Waals surface area contributed by atoms with Crippen molar-refractivity contribution < 1.29 is 9.72 Å². The minimum Gasteiger partial charge on any atom is -0.385 e. The van der Waals surface area contributed by atoms with Crippen LogP contribution in [0.15, 0.2) is 18.2 Å². The largest absolute Gasteiger partial charge is 0.385 e. The van der Waals surface area contributed by atoms with Crippen molar-refractivity contribution >= 4 is 17.7 Å². The molecule has 0 saturated heterocycles. The van der Waals surface area contributed by atoms with Crippen molar-refractivity contribution in [3.05, 3.63) is 33.9 Å². The summed E-state index contributed by atoms with van der Waals surface area (Å²) < 4.78 is 0. The summed E-state index contributed by atoms with van der Waals surface area (Å²) in [4.78, 5) is 21.2. The Balaban J connectivity index is 2.11.